The lowest BCUT2D eigenvalue weighted by Gasteiger charge is -2.28. The molecule has 1 fully saturated rings. The van der Waals surface area contributed by atoms with Crippen LogP contribution in [0.4, 0.5) is 4.79 Å². The quantitative estimate of drug-likeness (QED) is 0.627. The van der Waals surface area contributed by atoms with Gasteiger partial charge in [-0.3, -0.25) is 9.69 Å². The van der Waals surface area contributed by atoms with Crippen LogP contribution >= 0.6 is 12.2 Å². The van der Waals surface area contributed by atoms with Crippen LogP contribution in [0.5, 0.6) is 0 Å². The number of nitrogens with zero attached hydrogens (tertiary/aromatic N) is 2. The monoisotopic (exact) mass is 201 g/mol. The van der Waals surface area contributed by atoms with Gasteiger partial charge in [0.1, 0.15) is 0 Å². The highest BCUT2D eigenvalue weighted by molar-refractivity contribution is 7.80. The molecule has 0 spiro atoms. The highest BCUT2D eigenvalue weighted by atomic mass is 32.1. The van der Waals surface area contributed by atoms with Crippen molar-refractivity contribution in [2.24, 2.45) is 0 Å². The van der Waals surface area contributed by atoms with Gasteiger partial charge in [-0.2, -0.15) is 0 Å². The molecular formula is C7H11N3O2S. The average Bonchev–Trinajstić information content (AvgIpc) is 1.96. The number of carbonyl (C=O) groups excluding carboxylic acids is 2. The zero-order valence-corrected chi connectivity index (χ0v) is 8.35. The Morgan fingerprint density at radius 2 is 2.15 bits per heavy atom. The Labute approximate surface area is 81.7 Å². The fourth-order valence-electron chi connectivity index (χ4n) is 1.00. The molecule has 72 valence electrons. The minimum Gasteiger partial charge on any atom is -0.301 e. The SMILES string of the molecule is CN(C)CN1C(=O)CC(=S)NC1=O. The van der Waals surface area contributed by atoms with E-state index in [-0.39, 0.29) is 19.0 Å². The first-order chi connectivity index (χ1) is 6.00. The first-order valence-corrected chi connectivity index (χ1v) is 4.20. The third-order valence-electron chi connectivity index (χ3n) is 1.53. The number of nitrogens with one attached hydrogen (secondary N) is 1. The van der Waals surface area contributed by atoms with Crippen molar-refractivity contribution >= 4 is 29.1 Å². The van der Waals surface area contributed by atoms with Crippen molar-refractivity contribution in [3.63, 3.8) is 0 Å². The van der Waals surface area contributed by atoms with Crippen LogP contribution in [0.3, 0.4) is 0 Å². The molecule has 0 aromatic rings. The van der Waals surface area contributed by atoms with Crippen molar-refractivity contribution in [1.82, 2.24) is 15.1 Å². The summed E-state index contributed by atoms with van der Waals surface area (Å²) in [4.78, 5) is 25.7. The number of hydrogen-bond donors (Lipinski definition) is 1. The summed E-state index contributed by atoms with van der Waals surface area (Å²) in [6.45, 7) is 0.285. The minimum atomic E-state index is -0.435. The van der Waals surface area contributed by atoms with Crippen LogP contribution in [0, 0.1) is 0 Å². The average molecular weight is 201 g/mol. The Morgan fingerprint density at radius 1 is 1.54 bits per heavy atom. The molecule has 6 heteroatoms. The van der Waals surface area contributed by atoms with Gasteiger partial charge in [-0.05, 0) is 14.1 Å². The molecule has 1 saturated heterocycles. The van der Waals surface area contributed by atoms with E-state index < -0.39 is 6.03 Å². The Hall–Kier alpha value is -1.01. The summed E-state index contributed by atoms with van der Waals surface area (Å²) in [5.41, 5.74) is 0. The van der Waals surface area contributed by atoms with Crippen LogP contribution in [-0.2, 0) is 4.79 Å². The van der Waals surface area contributed by atoms with Gasteiger partial charge in [0.2, 0.25) is 5.91 Å². The summed E-state index contributed by atoms with van der Waals surface area (Å²) in [5.74, 6) is -0.248. The van der Waals surface area contributed by atoms with Crippen LogP contribution in [0.2, 0.25) is 0 Å². The van der Waals surface area contributed by atoms with Crippen molar-refractivity contribution in [3.8, 4) is 0 Å². The molecule has 0 bridgehead atoms. The van der Waals surface area contributed by atoms with E-state index in [2.05, 4.69) is 5.32 Å². The molecule has 1 N–H and O–H groups in total. The van der Waals surface area contributed by atoms with Crippen LogP contribution in [0.25, 0.3) is 0 Å². The van der Waals surface area contributed by atoms with Crippen LogP contribution in [-0.4, -0.2) is 47.5 Å². The second kappa shape index (κ2) is 3.80. The van der Waals surface area contributed by atoms with Gasteiger partial charge in [0.25, 0.3) is 0 Å². The summed E-state index contributed by atoms with van der Waals surface area (Å²) in [5, 5.41) is 2.44. The third-order valence-corrected chi connectivity index (χ3v) is 1.78. The molecule has 0 saturated carbocycles. The fourth-order valence-corrected chi connectivity index (χ4v) is 1.21. The Kier molecular flexibility index (Phi) is 2.94. The smallest absolute Gasteiger partial charge is 0.301 e. The molecule has 0 aliphatic carbocycles. The van der Waals surface area contributed by atoms with Crippen molar-refractivity contribution < 1.29 is 9.59 Å². The molecule has 0 aromatic heterocycles. The lowest BCUT2D eigenvalue weighted by atomic mass is 10.3. The van der Waals surface area contributed by atoms with E-state index >= 15 is 0 Å². The number of urea groups is 1. The molecule has 3 amide bonds. The second-order valence-electron chi connectivity index (χ2n) is 3.07. The van der Waals surface area contributed by atoms with E-state index in [0.29, 0.717) is 4.99 Å². The highest BCUT2D eigenvalue weighted by Gasteiger charge is 2.28. The maximum atomic E-state index is 11.3. The molecule has 0 radical (unpaired) electrons. The third kappa shape index (κ3) is 2.46. The first-order valence-electron chi connectivity index (χ1n) is 3.79. The topological polar surface area (TPSA) is 52.6 Å². The van der Waals surface area contributed by atoms with Gasteiger partial charge in [0, 0.05) is 0 Å². The summed E-state index contributed by atoms with van der Waals surface area (Å²) >= 11 is 4.73. The van der Waals surface area contributed by atoms with Crippen molar-refractivity contribution in [2.75, 3.05) is 20.8 Å². The summed E-state index contributed by atoms with van der Waals surface area (Å²) in [6, 6.07) is -0.435. The number of hydrogen-bond acceptors (Lipinski definition) is 4. The number of thiocarbonyl (C=S) groups is 1. The summed E-state index contributed by atoms with van der Waals surface area (Å²) in [6.07, 6.45) is 0.120. The summed E-state index contributed by atoms with van der Waals surface area (Å²) in [7, 11) is 3.57. The lowest BCUT2D eigenvalue weighted by molar-refractivity contribution is -0.128. The van der Waals surface area contributed by atoms with Crippen LogP contribution in [0.15, 0.2) is 0 Å². The van der Waals surface area contributed by atoms with E-state index in [1.54, 1.807) is 19.0 Å². The Bertz CT molecular complexity index is 244. The molecule has 0 aromatic carbocycles. The largest absolute Gasteiger partial charge is 0.330 e. The summed E-state index contributed by atoms with van der Waals surface area (Å²) < 4.78 is 0. The second-order valence-corrected chi connectivity index (χ2v) is 3.57. The zero-order chi connectivity index (χ0) is 10.0. The molecule has 1 heterocycles. The van der Waals surface area contributed by atoms with Crippen molar-refractivity contribution in [2.45, 2.75) is 6.42 Å². The van der Waals surface area contributed by atoms with Gasteiger partial charge in [-0.25, -0.2) is 9.69 Å². The van der Waals surface area contributed by atoms with Crippen molar-refractivity contribution in [1.29, 1.82) is 0 Å². The number of carbonyl (C=O) groups is 2. The fraction of sp³-hybridized carbons (Fsp3) is 0.571. The molecule has 13 heavy (non-hydrogen) atoms. The standard InChI is InChI=1S/C7H11N3O2S/c1-9(2)4-10-6(11)3-5(13)8-7(10)12/h3-4H2,1-2H3,(H,8,12,13). The van der Waals surface area contributed by atoms with E-state index in [1.165, 1.54) is 0 Å². The van der Waals surface area contributed by atoms with Gasteiger partial charge in [0.15, 0.2) is 0 Å². The number of imide groups is 1. The van der Waals surface area contributed by atoms with Crippen molar-refractivity contribution in [3.05, 3.63) is 0 Å². The maximum absolute atomic E-state index is 11.3. The molecule has 0 unspecified atom stereocenters. The normalized spacial score (nSPS) is 18.1. The van der Waals surface area contributed by atoms with Gasteiger partial charge in [-0.15, -0.1) is 0 Å². The van der Waals surface area contributed by atoms with E-state index in [9.17, 15) is 9.59 Å². The zero-order valence-electron chi connectivity index (χ0n) is 7.53. The lowest BCUT2D eigenvalue weighted by Crippen LogP contribution is -2.54. The number of amides is 3. The maximum Gasteiger partial charge on any atom is 0.330 e. The van der Waals surface area contributed by atoms with Gasteiger partial charge in [-0.1, -0.05) is 12.2 Å². The van der Waals surface area contributed by atoms with Gasteiger partial charge in [0.05, 0.1) is 18.1 Å². The number of rotatable bonds is 2. The molecule has 1 rings (SSSR count). The van der Waals surface area contributed by atoms with E-state index in [1.807, 2.05) is 0 Å². The molecule has 1 aliphatic rings. The first kappa shape index (κ1) is 10.1. The molecule has 0 atom stereocenters. The Balaban J connectivity index is 2.67. The van der Waals surface area contributed by atoms with E-state index in [0.717, 1.165) is 4.90 Å². The van der Waals surface area contributed by atoms with Gasteiger partial charge >= 0.3 is 6.03 Å². The highest BCUT2D eigenvalue weighted by Crippen LogP contribution is 2.03. The minimum absolute atomic E-state index is 0.120. The van der Waals surface area contributed by atoms with Crippen LogP contribution in [0.1, 0.15) is 6.42 Å². The predicted octanol–water partition coefficient (Wildman–Crippen LogP) is -0.225. The molecule has 1 aliphatic heterocycles. The Morgan fingerprint density at radius 3 is 2.62 bits per heavy atom. The van der Waals surface area contributed by atoms with Crippen LogP contribution < -0.4 is 5.32 Å². The molecule has 5 nitrogen and oxygen atoms in total. The van der Waals surface area contributed by atoms with E-state index in [4.69, 9.17) is 12.2 Å². The van der Waals surface area contributed by atoms with Gasteiger partial charge < -0.3 is 5.32 Å². The molecular weight excluding hydrogens is 190 g/mol. The predicted molar refractivity (Wildman–Crippen MR) is 51.1 cm³/mol.